The largest absolute Gasteiger partial charge is 0.378 e. The van der Waals surface area contributed by atoms with E-state index in [1.807, 2.05) is 24.4 Å². The van der Waals surface area contributed by atoms with Crippen molar-refractivity contribution in [2.45, 2.75) is 0 Å². The van der Waals surface area contributed by atoms with E-state index in [9.17, 15) is 0 Å². The summed E-state index contributed by atoms with van der Waals surface area (Å²) in [6.45, 7) is 0.824. The topological polar surface area (TPSA) is 24.4 Å². The fraction of sp³-hybridized carbons (Fsp3) is 0.125. The minimum Gasteiger partial charge on any atom is -0.378 e. The van der Waals surface area contributed by atoms with Gasteiger partial charge in [-0.05, 0) is 6.07 Å². The predicted molar refractivity (Wildman–Crippen MR) is 41.9 cm³/mol. The van der Waals surface area contributed by atoms with E-state index in [-0.39, 0.29) is 0 Å². The summed E-state index contributed by atoms with van der Waals surface area (Å²) >= 11 is 0. The number of benzene rings is 1. The van der Waals surface area contributed by atoms with Crippen LogP contribution in [0.25, 0.3) is 0 Å². The zero-order valence-corrected chi connectivity index (χ0v) is 5.46. The summed E-state index contributed by atoms with van der Waals surface area (Å²) in [6, 6.07) is 8.85. The first-order chi connectivity index (χ1) is 4.97. The van der Waals surface area contributed by atoms with Gasteiger partial charge < -0.3 is 5.32 Å². The lowest BCUT2D eigenvalue weighted by molar-refractivity contribution is 1.33. The third kappa shape index (κ3) is 0.778. The highest BCUT2D eigenvalue weighted by molar-refractivity contribution is 5.79. The molecule has 0 aliphatic carbocycles. The number of aliphatic imine (C=N–C) groups is 1. The molecule has 0 amide bonds. The highest BCUT2D eigenvalue weighted by Gasteiger charge is 2.00. The number of nitrogens with one attached hydrogen (secondary N) is 1. The van der Waals surface area contributed by atoms with Gasteiger partial charge in [0, 0.05) is 12.3 Å². The number of fused-ring (bicyclic) bond motifs is 1. The lowest BCUT2D eigenvalue weighted by Gasteiger charge is -2.09. The second-order valence-corrected chi connectivity index (χ2v) is 2.12. The van der Waals surface area contributed by atoms with E-state index in [1.54, 1.807) is 0 Å². The molecule has 0 bridgehead atoms. The Labute approximate surface area is 59.6 Å². The van der Waals surface area contributed by atoms with Crippen molar-refractivity contribution in [3.63, 3.8) is 0 Å². The van der Waals surface area contributed by atoms with Crippen molar-refractivity contribution in [3.05, 3.63) is 24.3 Å². The van der Waals surface area contributed by atoms with Crippen LogP contribution in [0.1, 0.15) is 0 Å². The summed E-state index contributed by atoms with van der Waals surface area (Å²) in [7, 11) is 0. The second-order valence-electron chi connectivity index (χ2n) is 2.12. The molecule has 1 aromatic rings. The van der Waals surface area contributed by atoms with Crippen molar-refractivity contribution in [1.82, 2.24) is 0 Å². The Kier molecular flexibility index (Phi) is 1.17. The first-order valence-corrected chi connectivity index (χ1v) is 3.24. The molecule has 1 heterocycles. The van der Waals surface area contributed by atoms with Gasteiger partial charge in [0.1, 0.15) is 0 Å². The van der Waals surface area contributed by atoms with Crippen molar-refractivity contribution >= 4 is 17.6 Å². The first-order valence-electron chi connectivity index (χ1n) is 3.24. The number of para-hydroxylation sites is 1. The fourth-order valence-corrected chi connectivity index (χ4v) is 0.970. The number of hydrogen-bond donors (Lipinski definition) is 1. The molecule has 2 heteroatoms. The van der Waals surface area contributed by atoms with Crippen LogP contribution < -0.4 is 5.32 Å². The van der Waals surface area contributed by atoms with Gasteiger partial charge in [0.25, 0.3) is 0 Å². The van der Waals surface area contributed by atoms with E-state index < -0.39 is 0 Å². The molecule has 0 saturated heterocycles. The van der Waals surface area contributed by atoms with Crippen molar-refractivity contribution in [1.29, 1.82) is 0 Å². The van der Waals surface area contributed by atoms with Crippen LogP contribution >= 0.6 is 0 Å². The van der Waals surface area contributed by atoms with Crippen LogP contribution in [0.4, 0.5) is 11.4 Å². The molecule has 0 spiro atoms. The lowest BCUT2D eigenvalue weighted by atomic mass is 10.2. The minimum atomic E-state index is 0.824. The highest BCUT2D eigenvalue weighted by Crippen LogP contribution is 2.24. The van der Waals surface area contributed by atoms with Crippen LogP contribution in [0.5, 0.6) is 0 Å². The molecule has 0 aromatic heterocycles. The zero-order valence-electron chi connectivity index (χ0n) is 5.46. The van der Waals surface area contributed by atoms with Crippen LogP contribution in [-0.2, 0) is 0 Å². The predicted octanol–water partition coefficient (Wildman–Crippen LogP) is 1.61. The Morgan fingerprint density at radius 1 is 1.60 bits per heavy atom. The Hall–Kier alpha value is -1.31. The van der Waals surface area contributed by atoms with Gasteiger partial charge in [-0.2, -0.15) is 0 Å². The van der Waals surface area contributed by atoms with Crippen LogP contribution in [0.15, 0.2) is 23.2 Å². The zero-order chi connectivity index (χ0) is 6.81. The minimum absolute atomic E-state index is 0.824. The summed E-state index contributed by atoms with van der Waals surface area (Å²) in [5.41, 5.74) is 1.98. The Balaban J connectivity index is 2.54. The molecule has 2 nitrogen and oxygen atoms in total. The number of hydrogen-bond acceptors (Lipinski definition) is 2. The first kappa shape index (κ1) is 5.47. The summed E-state index contributed by atoms with van der Waals surface area (Å²) in [5.74, 6) is 0. The van der Waals surface area contributed by atoms with Gasteiger partial charge in [0.15, 0.2) is 0 Å². The van der Waals surface area contributed by atoms with Crippen molar-refractivity contribution < 1.29 is 0 Å². The quantitative estimate of drug-likeness (QED) is 0.568. The highest BCUT2D eigenvalue weighted by atomic mass is 14.9. The molecular weight excluding hydrogens is 124 g/mol. The number of anilines is 1. The standard InChI is InChI=1S/C8H7N2/c1-2-4-8-7(3-1)9-5-6-10-8/h1-3,6,9H,5H2. The van der Waals surface area contributed by atoms with E-state index in [2.05, 4.69) is 16.4 Å². The van der Waals surface area contributed by atoms with E-state index in [0.29, 0.717) is 0 Å². The van der Waals surface area contributed by atoms with E-state index in [0.717, 1.165) is 17.9 Å². The molecule has 0 saturated carbocycles. The lowest BCUT2D eigenvalue weighted by Crippen LogP contribution is -2.05. The third-order valence-electron chi connectivity index (χ3n) is 1.44. The molecule has 2 rings (SSSR count). The molecule has 1 aliphatic rings. The number of rotatable bonds is 0. The van der Waals surface area contributed by atoms with Crippen LogP contribution in [0, 0.1) is 6.07 Å². The molecule has 1 N–H and O–H groups in total. The van der Waals surface area contributed by atoms with Crippen LogP contribution in [0.2, 0.25) is 0 Å². The third-order valence-corrected chi connectivity index (χ3v) is 1.44. The van der Waals surface area contributed by atoms with E-state index in [1.165, 1.54) is 0 Å². The molecule has 0 atom stereocenters. The maximum Gasteiger partial charge on any atom is 0.0936 e. The fourth-order valence-electron chi connectivity index (χ4n) is 0.970. The van der Waals surface area contributed by atoms with Crippen molar-refractivity contribution in [2.24, 2.45) is 4.99 Å². The Morgan fingerprint density at radius 2 is 2.60 bits per heavy atom. The number of nitrogens with zero attached hydrogens (tertiary/aromatic N) is 1. The molecule has 49 valence electrons. The smallest absolute Gasteiger partial charge is 0.0936 e. The average molecular weight is 131 g/mol. The molecule has 0 unspecified atom stereocenters. The maximum atomic E-state index is 4.15. The van der Waals surface area contributed by atoms with Gasteiger partial charge >= 0.3 is 0 Å². The van der Waals surface area contributed by atoms with Gasteiger partial charge in [0.2, 0.25) is 0 Å². The molecule has 1 aliphatic heterocycles. The average Bonchev–Trinajstić information content (AvgIpc) is 2.05. The molecule has 10 heavy (non-hydrogen) atoms. The summed E-state index contributed by atoms with van der Waals surface area (Å²) in [5, 5.41) is 3.18. The Morgan fingerprint density at radius 3 is 3.50 bits per heavy atom. The maximum absolute atomic E-state index is 4.15. The van der Waals surface area contributed by atoms with Gasteiger partial charge in [-0.25, -0.2) is 0 Å². The summed E-state index contributed by atoms with van der Waals surface area (Å²) in [6.07, 6.45) is 1.85. The van der Waals surface area contributed by atoms with Crippen molar-refractivity contribution in [2.75, 3.05) is 11.9 Å². The Bertz CT molecular complexity index is 266. The van der Waals surface area contributed by atoms with E-state index >= 15 is 0 Å². The van der Waals surface area contributed by atoms with Gasteiger partial charge in [-0.1, -0.05) is 12.1 Å². The van der Waals surface area contributed by atoms with Crippen molar-refractivity contribution in [3.8, 4) is 0 Å². The normalized spacial score (nSPS) is 14.0. The van der Waals surface area contributed by atoms with Crippen LogP contribution in [0.3, 0.4) is 0 Å². The molecule has 1 radical (unpaired) electrons. The monoisotopic (exact) mass is 131 g/mol. The summed E-state index contributed by atoms with van der Waals surface area (Å²) < 4.78 is 0. The van der Waals surface area contributed by atoms with Gasteiger partial charge in [-0.3, -0.25) is 4.99 Å². The van der Waals surface area contributed by atoms with Crippen LogP contribution in [-0.4, -0.2) is 12.8 Å². The molecule has 1 aromatic carbocycles. The van der Waals surface area contributed by atoms with E-state index in [4.69, 9.17) is 0 Å². The SMILES string of the molecule is [c]1cccc2c1N=CCN2. The van der Waals surface area contributed by atoms with Gasteiger partial charge in [-0.15, -0.1) is 0 Å². The molecular formula is C8H7N2. The molecule has 0 fully saturated rings. The second kappa shape index (κ2) is 2.14. The van der Waals surface area contributed by atoms with Gasteiger partial charge in [0.05, 0.1) is 17.9 Å². The summed E-state index contributed by atoms with van der Waals surface area (Å²) in [4.78, 5) is 4.15.